The van der Waals surface area contributed by atoms with Crippen LogP contribution in [0.4, 0.5) is 0 Å². The van der Waals surface area contributed by atoms with Crippen molar-refractivity contribution in [3.05, 3.63) is 29.0 Å². The van der Waals surface area contributed by atoms with Crippen molar-refractivity contribution >= 4 is 22.6 Å². The number of aromatic nitrogens is 2. The fraction of sp³-hybridized carbons (Fsp3) is 0.533. The molecule has 0 saturated carbocycles. The average molecular weight is 278 g/mol. The summed E-state index contributed by atoms with van der Waals surface area (Å²) >= 11 is 6.08. The lowest BCUT2D eigenvalue weighted by Gasteiger charge is -2.24. The largest absolute Gasteiger partial charge is 0.325 e. The highest BCUT2D eigenvalue weighted by atomic mass is 35.5. The molecular weight excluding hydrogens is 258 g/mol. The summed E-state index contributed by atoms with van der Waals surface area (Å²) in [5.41, 5.74) is 2.21. The van der Waals surface area contributed by atoms with Gasteiger partial charge in [0.1, 0.15) is 5.82 Å². The molecule has 0 radical (unpaired) electrons. The second-order valence-corrected chi connectivity index (χ2v) is 6.05. The molecule has 1 fully saturated rings. The Balaban J connectivity index is 2.13. The summed E-state index contributed by atoms with van der Waals surface area (Å²) in [7, 11) is 0. The van der Waals surface area contributed by atoms with Crippen molar-refractivity contribution in [3.8, 4) is 0 Å². The molecular formula is C15H20ClN3. The molecule has 0 aliphatic carbocycles. The molecule has 2 heterocycles. The van der Waals surface area contributed by atoms with E-state index in [1.807, 2.05) is 12.1 Å². The van der Waals surface area contributed by atoms with Crippen LogP contribution in [0.15, 0.2) is 18.2 Å². The first-order valence-electron chi connectivity index (χ1n) is 7.05. The zero-order chi connectivity index (χ0) is 13.4. The lowest BCUT2D eigenvalue weighted by molar-refractivity contribution is 0.425. The molecule has 2 aromatic rings. The molecule has 1 aliphatic heterocycles. The predicted octanol–water partition coefficient (Wildman–Crippen LogP) is 3.74. The van der Waals surface area contributed by atoms with E-state index in [0.717, 1.165) is 23.6 Å². The molecule has 102 valence electrons. The van der Waals surface area contributed by atoms with Crippen LogP contribution >= 0.6 is 11.6 Å². The number of benzene rings is 1. The zero-order valence-corrected chi connectivity index (χ0v) is 12.2. The van der Waals surface area contributed by atoms with Crippen molar-refractivity contribution in [1.29, 1.82) is 0 Å². The van der Waals surface area contributed by atoms with Crippen LogP contribution in [-0.4, -0.2) is 22.6 Å². The number of imidazole rings is 1. The van der Waals surface area contributed by atoms with Gasteiger partial charge in [0.15, 0.2) is 0 Å². The number of fused-ring (bicyclic) bond motifs is 1. The van der Waals surface area contributed by atoms with Gasteiger partial charge in [-0.25, -0.2) is 4.98 Å². The topological polar surface area (TPSA) is 29.9 Å². The molecule has 1 unspecified atom stereocenters. The van der Waals surface area contributed by atoms with E-state index >= 15 is 0 Å². The summed E-state index contributed by atoms with van der Waals surface area (Å²) in [6, 6.07) is 6.43. The second kappa shape index (κ2) is 5.14. The molecule has 19 heavy (non-hydrogen) atoms. The van der Waals surface area contributed by atoms with E-state index in [0.29, 0.717) is 12.0 Å². The van der Waals surface area contributed by atoms with Gasteiger partial charge in [0.25, 0.3) is 0 Å². The maximum Gasteiger partial charge on any atom is 0.114 e. The molecule has 3 rings (SSSR count). The zero-order valence-electron chi connectivity index (χ0n) is 11.5. The van der Waals surface area contributed by atoms with Crippen LogP contribution in [0.1, 0.15) is 44.5 Å². The van der Waals surface area contributed by atoms with E-state index in [2.05, 4.69) is 29.8 Å². The number of nitrogens with one attached hydrogen (secondary N) is 1. The van der Waals surface area contributed by atoms with Crippen LogP contribution in [0.5, 0.6) is 0 Å². The first kappa shape index (κ1) is 12.9. The van der Waals surface area contributed by atoms with Crippen LogP contribution in [0.2, 0.25) is 5.02 Å². The van der Waals surface area contributed by atoms with Gasteiger partial charge in [0.05, 0.1) is 11.0 Å². The van der Waals surface area contributed by atoms with E-state index < -0.39 is 0 Å². The standard InChI is InChI=1S/C15H20ClN3/c1-10(2)19-14-6-5-12(16)8-13(14)18-15(19)11-4-3-7-17-9-11/h5-6,8,10-11,17H,3-4,7,9H2,1-2H3. The molecule has 1 aromatic heterocycles. The van der Waals surface area contributed by atoms with Crippen LogP contribution < -0.4 is 5.32 Å². The fourth-order valence-corrected chi connectivity index (χ4v) is 3.16. The van der Waals surface area contributed by atoms with E-state index in [-0.39, 0.29) is 0 Å². The van der Waals surface area contributed by atoms with E-state index in [9.17, 15) is 0 Å². The number of hydrogen-bond acceptors (Lipinski definition) is 2. The Labute approximate surface area is 119 Å². The Hall–Kier alpha value is -1.06. The number of nitrogens with zero attached hydrogens (tertiary/aromatic N) is 2. The normalized spacial score (nSPS) is 20.3. The minimum absolute atomic E-state index is 0.420. The van der Waals surface area contributed by atoms with Gasteiger partial charge < -0.3 is 9.88 Å². The Bertz CT molecular complexity index is 582. The summed E-state index contributed by atoms with van der Waals surface area (Å²) in [6.07, 6.45) is 2.45. The summed E-state index contributed by atoms with van der Waals surface area (Å²) in [5.74, 6) is 1.72. The second-order valence-electron chi connectivity index (χ2n) is 5.61. The van der Waals surface area contributed by atoms with Crippen molar-refractivity contribution in [2.45, 2.75) is 38.6 Å². The Kier molecular flexibility index (Phi) is 3.50. The lowest BCUT2D eigenvalue weighted by Crippen LogP contribution is -2.30. The van der Waals surface area contributed by atoms with E-state index in [4.69, 9.17) is 16.6 Å². The van der Waals surface area contributed by atoms with Crippen molar-refractivity contribution in [1.82, 2.24) is 14.9 Å². The van der Waals surface area contributed by atoms with E-state index in [1.54, 1.807) is 0 Å². The third kappa shape index (κ3) is 2.37. The molecule has 1 N–H and O–H groups in total. The Morgan fingerprint density at radius 1 is 1.42 bits per heavy atom. The quantitative estimate of drug-likeness (QED) is 0.906. The first-order valence-corrected chi connectivity index (χ1v) is 7.42. The fourth-order valence-electron chi connectivity index (χ4n) is 2.99. The lowest BCUT2D eigenvalue weighted by atomic mass is 9.98. The molecule has 1 aromatic carbocycles. The highest BCUT2D eigenvalue weighted by Gasteiger charge is 2.23. The number of piperidine rings is 1. The van der Waals surface area contributed by atoms with Gasteiger partial charge in [-0.15, -0.1) is 0 Å². The maximum atomic E-state index is 6.08. The van der Waals surface area contributed by atoms with Crippen LogP contribution in [0.3, 0.4) is 0 Å². The van der Waals surface area contributed by atoms with Crippen molar-refractivity contribution < 1.29 is 0 Å². The predicted molar refractivity (Wildman–Crippen MR) is 80.0 cm³/mol. The van der Waals surface area contributed by atoms with Gasteiger partial charge in [0.2, 0.25) is 0 Å². The molecule has 1 atom stereocenters. The first-order chi connectivity index (χ1) is 9.16. The van der Waals surface area contributed by atoms with Crippen LogP contribution in [0, 0.1) is 0 Å². The summed E-state index contributed by atoms with van der Waals surface area (Å²) in [6.45, 7) is 6.60. The van der Waals surface area contributed by atoms with Gasteiger partial charge in [-0.3, -0.25) is 0 Å². The maximum absolute atomic E-state index is 6.08. The highest BCUT2D eigenvalue weighted by molar-refractivity contribution is 6.31. The highest BCUT2D eigenvalue weighted by Crippen LogP contribution is 2.30. The van der Waals surface area contributed by atoms with Crippen molar-refractivity contribution in [2.75, 3.05) is 13.1 Å². The van der Waals surface area contributed by atoms with E-state index in [1.165, 1.54) is 24.2 Å². The number of hydrogen-bond donors (Lipinski definition) is 1. The Morgan fingerprint density at radius 3 is 2.95 bits per heavy atom. The minimum atomic E-state index is 0.420. The molecule has 0 spiro atoms. The molecule has 3 nitrogen and oxygen atoms in total. The molecule has 4 heteroatoms. The molecule has 0 bridgehead atoms. The van der Waals surface area contributed by atoms with Crippen molar-refractivity contribution in [3.63, 3.8) is 0 Å². The Morgan fingerprint density at radius 2 is 2.26 bits per heavy atom. The van der Waals surface area contributed by atoms with Gasteiger partial charge in [-0.1, -0.05) is 11.6 Å². The third-order valence-corrected chi connectivity index (χ3v) is 4.09. The molecule has 1 aliphatic rings. The summed E-state index contributed by atoms with van der Waals surface area (Å²) in [4.78, 5) is 4.86. The SMILES string of the molecule is CC(C)n1c(C2CCCNC2)nc2cc(Cl)ccc21. The monoisotopic (exact) mass is 277 g/mol. The number of rotatable bonds is 2. The third-order valence-electron chi connectivity index (χ3n) is 3.86. The summed E-state index contributed by atoms with van der Waals surface area (Å²) < 4.78 is 2.36. The van der Waals surface area contributed by atoms with Crippen LogP contribution in [0.25, 0.3) is 11.0 Å². The summed E-state index contributed by atoms with van der Waals surface area (Å²) in [5, 5.41) is 4.23. The molecule has 0 amide bonds. The smallest absolute Gasteiger partial charge is 0.114 e. The molecule has 1 saturated heterocycles. The van der Waals surface area contributed by atoms with Gasteiger partial charge in [-0.05, 0) is 51.4 Å². The minimum Gasteiger partial charge on any atom is -0.325 e. The van der Waals surface area contributed by atoms with Crippen LogP contribution in [-0.2, 0) is 0 Å². The van der Waals surface area contributed by atoms with Gasteiger partial charge in [-0.2, -0.15) is 0 Å². The van der Waals surface area contributed by atoms with Gasteiger partial charge in [0, 0.05) is 23.5 Å². The number of halogens is 1. The van der Waals surface area contributed by atoms with Gasteiger partial charge >= 0.3 is 0 Å². The average Bonchev–Trinajstić information content (AvgIpc) is 2.78. The van der Waals surface area contributed by atoms with Crippen molar-refractivity contribution in [2.24, 2.45) is 0 Å².